The SMILES string of the molecule is CC(C)C12C[NH+]3CC(C(C)C)(C[NH+](C1)C3OC[C@H](O)[C@H](O)[C@H](O)CO)C2=O. The molecule has 8 nitrogen and oxygen atoms in total. The first-order valence-corrected chi connectivity index (χ1v) is 10.1. The number of aliphatic hydroxyl groups is 4. The Bertz CT molecular complexity index is 522. The molecule has 0 unspecified atom stereocenters. The summed E-state index contributed by atoms with van der Waals surface area (Å²) in [6.45, 7) is 10.7. The van der Waals surface area contributed by atoms with Crippen molar-refractivity contribution in [3.63, 3.8) is 0 Å². The van der Waals surface area contributed by atoms with E-state index in [4.69, 9.17) is 9.84 Å². The molecule has 4 fully saturated rings. The van der Waals surface area contributed by atoms with Crippen LogP contribution >= 0.6 is 0 Å². The van der Waals surface area contributed by atoms with Crippen LogP contribution in [0.15, 0.2) is 0 Å². The van der Waals surface area contributed by atoms with E-state index in [1.165, 1.54) is 9.80 Å². The van der Waals surface area contributed by atoms with Gasteiger partial charge in [-0.15, -0.1) is 0 Å². The van der Waals surface area contributed by atoms with E-state index in [-0.39, 0.29) is 35.6 Å². The van der Waals surface area contributed by atoms with Gasteiger partial charge >= 0.3 is 6.35 Å². The first kappa shape index (κ1) is 21.1. The number of hydrogen-bond acceptors (Lipinski definition) is 6. The molecule has 4 bridgehead atoms. The Labute approximate surface area is 160 Å². The van der Waals surface area contributed by atoms with Crippen molar-refractivity contribution in [1.82, 2.24) is 0 Å². The van der Waals surface area contributed by atoms with Gasteiger partial charge in [-0.2, -0.15) is 0 Å². The highest BCUT2D eigenvalue weighted by Gasteiger charge is 2.73. The van der Waals surface area contributed by atoms with Crippen LogP contribution in [0, 0.1) is 22.7 Å². The summed E-state index contributed by atoms with van der Waals surface area (Å²) in [7, 11) is 0. The van der Waals surface area contributed by atoms with Crippen LogP contribution in [-0.4, -0.2) is 90.3 Å². The molecule has 0 aromatic carbocycles. The van der Waals surface area contributed by atoms with Crippen LogP contribution in [0.5, 0.6) is 0 Å². The van der Waals surface area contributed by atoms with E-state index in [1.54, 1.807) is 0 Å². The van der Waals surface area contributed by atoms with Crippen molar-refractivity contribution < 1.29 is 39.8 Å². The topological polar surface area (TPSA) is 116 Å². The van der Waals surface area contributed by atoms with E-state index in [2.05, 4.69) is 27.7 Å². The summed E-state index contributed by atoms with van der Waals surface area (Å²) in [6.07, 6.45) is -4.31. The normalized spacial score (nSPS) is 41.4. The van der Waals surface area contributed by atoms with Crippen LogP contribution in [-0.2, 0) is 9.53 Å². The summed E-state index contributed by atoms with van der Waals surface area (Å²) >= 11 is 0. The summed E-state index contributed by atoms with van der Waals surface area (Å²) in [5, 5.41) is 38.3. The lowest BCUT2D eigenvalue weighted by atomic mass is 9.54. The first-order chi connectivity index (χ1) is 12.6. The maximum atomic E-state index is 13.5. The molecule has 4 aliphatic heterocycles. The third-order valence-corrected chi connectivity index (χ3v) is 7.44. The fourth-order valence-electron chi connectivity index (χ4n) is 5.58. The second kappa shape index (κ2) is 7.33. The van der Waals surface area contributed by atoms with Crippen molar-refractivity contribution in [2.24, 2.45) is 22.7 Å². The minimum absolute atomic E-state index is 0.118. The van der Waals surface area contributed by atoms with Crippen molar-refractivity contribution in [2.75, 3.05) is 39.4 Å². The first-order valence-electron chi connectivity index (χ1n) is 10.1. The number of ether oxygens (including phenoxy) is 1. The van der Waals surface area contributed by atoms with Gasteiger partial charge in [-0.25, -0.2) is 0 Å². The summed E-state index contributed by atoms with van der Waals surface area (Å²) in [4.78, 5) is 15.9. The van der Waals surface area contributed by atoms with Gasteiger partial charge in [0, 0.05) is 0 Å². The zero-order valence-electron chi connectivity index (χ0n) is 16.8. The van der Waals surface area contributed by atoms with Gasteiger partial charge in [0.1, 0.15) is 55.3 Å². The molecule has 0 spiro atoms. The Morgan fingerprint density at radius 2 is 1.41 bits per heavy atom. The van der Waals surface area contributed by atoms with Gasteiger partial charge in [0.25, 0.3) is 0 Å². The number of hydrogen-bond donors (Lipinski definition) is 6. The maximum absolute atomic E-state index is 13.5. The molecular weight excluding hydrogens is 352 g/mol. The van der Waals surface area contributed by atoms with Crippen LogP contribution < -0.4 is 9.80 Å². The highest BCUT2D eigenvalue weighted by atomic mass is 16.5. The zero-order valence-corrected chi connectivity index (χ0v) is 16.8. The maximum Gasteiger partial charge on any atom is 0.329 e. The molecule has 0 saturated carbocycles. The van der Waals surface area contributed by atoms with Crippen LogP contribution in [0.4, 0.5) is 0 Å². The molecule has 0 aromatic heterocycles. The Morgan fingerprint density at radius 3 is 1.78 bits per heavy atom. The molecular formula is C19H36N2O6+2. The predicted octanol–water partition coefficient (Wildman–Crippen LogP) is -3.97. The van der Waals surface area contributed by atoms with Crippen LogP contribution in [0.1, 0.15) is 27.7 Å². The molecule has 4 heterocycles. The van der Waals surface area contributed by atoms with Gasteiger partial charge in [0.15, 0.2) is 5.78 Å². The second-order valence-electron chi connectivity index (χ2n) is 9.50. The van der Waals surface area contributed by atoms with Crippen LogP contribution in [0.25, 0.3) is 0 Å². The third-order valence-electron chi connectivity index (χ3n) is 7.44. The highest BCUT2D eigenvalue weighted by molar-refractivity contribution is 5.92. The van der Waals surface area contributed by atoms with Crippen LogP contribution in [0.2, 0.25) is 0 Å². The number of ketones is 1. The van der Waals surface area contributed by atoms with Gasteiger partial charge < -0.3 is 20.4 Å². The highest BCUT2D eigenvalue weighted by Crippen LogP contribution is 2.43. The molecule has 4 rings (SSSR count). The van der Waals surface area contributed by atoms with E-state index in [1.807, 2.05) is 0 Å². The summed E-state index contributed by atoms with van der Waals surface area (Å²) < 4.78 is 5.99. The molecule has 27 heavy (non-hydrogen) atoms. The van der Waals surface area contributed by atoms with E-state index < -0.39 is 24.9 Å². The largest absolute Gasteiger partial charge is 0.394 e. The smallest absolute Gasteiger partial charge is 0.329 e. The number of carbonyl (C=O) groups is 1. The number of quaternary nitrogens is 2. The van der Waals surface area contributed by atoms with Crippen molar-refractivity contribution in [3.8, 4) is 0 Å². The molecule has 0 amide bonds. The molecule has 4 aliphatic rings. The molecule has 6 N–H and O–H groups in total. The number of Topliss-reactive ketones (excluding diaryl/α,β-unsaturated/α-hetero) is 1. The van der Waals surface area contributed by atoms with Crippen molar-refractivity contribution in [1.29, 1.82) is 0 Å². The lowest BCUT2D eigenvalue weighted by Gasteiger charge is -2.62. The minimum atomic E-state index is -1.45. The van der Waals surface area contributed by atoms with Crippen molar-refractivity contribution >= 4 is 5.78 Å². The standard InChI is InChI=1S/C19H34N2O6/c1-11(2)18-7-20-9-19(12(3)4,16(18)26)10-21(8-18)17(20)27-6-14(24)15(25)13(23)5-22/h11-15,17,22-25H,5-10H2,1-4H3/p+2/t13-,14+,15-,17?,18?,19?/m1/s1. The molecule has 0 aliphatic carbocycles. The molecule has 4 saturated heterocycles. The van der Waals surface area contributed by atoms with E-state index in [9.17, 15) is 20.1 Å². The number of rotatable bonds is 8. The van der Waals surface area contributed by atoms with Gasteiger partial charge in [-0.05, 0) is 11.8 Å². The lowest BCUT2D eigenvalue weighted by molar-refractivity contribution is -1.19. The predicted molar refractivity (Wildman–Crippen MR) is 95.8 cm³/mol. The molecule has 3 atom stereocenters. The quantitative estimate of drug-likeness (QED) is 0.253. The van der Waals surface area contributed by atoms with Crippen molar-refractivity contribution in [3.05, 3.63) is 0 Å². The fraction of sp³-hybridized carbons (Fsp3) is 0.947. The molecule has 156 valence electrons. The lowest BCUT2D eigenvalue weighted by Crippen LogP contribution is -3.45. The fourth-order valence-corrected chi connectivity index (χ4v) is 5.58. The monoisotopic (exact) mass is 388 g/mol. The Balaban J connectivity index is 1.75. The Morgan fingerprint density at radius 1 is 0.963 bits per heavy atom. The second-order valence-corrected chi connectivity index (χ2v) is 9.50. The number of aliphatic hydroxyl groups excluding tert-OH is 4. The minimum Gasteiger partial charge on any atom is -0.394 e. The number of nitrogens with one attached hydrogen (secondary N) is 2. The summed E-state index contributed by atoms with van der Waals surface area (Å²) in [6, 6.07) is 0. The summed E-state index contributed by atoms with van der Waals surface area (Å²) in [5.41, 5.74) is -0.646. The number of carbonyl (C=O) groups excluding carboxylic acids is 1. The average Bonchev–Trinajstić information content (AvgIpc) is 2.61. The summed E-state index contributed by atoms with van der Waals surface area (Å²) in [5.74, 6) is 0.955. The molecule has 0 radical (unpaired) electrons. The van der Waals surface area contributed by atoms with Gasteiger partial charge in [0.2, 0.25) is 0 Å². The van der Waals surface area contributed by atoms with E-state index in [0.717, 1.165) is 26.2 Å². The Kier molecular flexibility index (Phi) is 5.73. The zero-order chi connectivity index (χ0) is 20.1. The van der Waals surface area contributed by atoms with Crippen LogP contribution in [0.3, 0.4) is 0 Å². The van der Waals surface area contributed by atoms with E-state index in [0.29, 0.717) is 5.78 Å². The Hall–Kier alpha value is -0.610. The molecule has 8 heteroatoms. The third kappa shape index (κ3) is 3.15. The van der Waals surface area contributed by atoms with E-state index >= 15 is 0 Å². The van der Waals surface area contributed by atoms with Gasteiger partial charge in [0.05, 0.1) is 13.2 Å². The van der Waals surface area contributed by atoms with Crippen molar-refractivity contribution in [2.45, 2.75) is 52.4 Å². The number of piperidine rings is 2. The van der Waals surface area contributed by atoms with Gasteiger partial charge in [-0.3, -0.25) is 19.3 Å². The average molecular weight is 389 g/mol. The van der Waals surface area contributed by atoms with Gasteiger partial charge in [-0.1, -0.05) is 27.7 Å². The molecule has 0 aromatic rings.